The van der Waals surface area contributed by atoms with Crippen LogP contribution in [-0.4, -0.2) is 8.42 Å². The SMILES string of the molecule is N#Cc1ccc(S(=O)(=O)c2ccccc2F)cc1. The third-order valence-electron chi connectivity index (χ3n) is 2.42. The number of nitriles is 1. The highest BCUT2D eigenvalue weighted by Gasteiger charge is 2.20. The molecular formula is C13H8FNO2S. The van der Waals surface area contributed by atoms with Gasteiger partial charge in [-0.2, -0.15) is 5.26 Å². The summed E-state index contributed by atoms with van der Waals surface area (Å²) in [5.41, 5.74) is 0.350. The van der Waals surface area contributed by atoms with E-state index in [9.17, 15) is 12.8 Å². The van der Waals surface area contributed by atoms with E-state index in [4.69, 9.17) is 5.26 Å². The Kier molecular flexibility index (Phi) is 3.13. The molecule has 0 atom stereocenters. The Balaban J connectivity index is 2.56. The Morgan fingerprint density at radius 2 is 1.61 bits per heavy atom. The van der Waals surface area contributed by atoms with Gasteiger partial charge in [0, 0.05) is 0 Å². The lowest BCUT2D eigenvalue weighted by molar-refractivity contribution is 0.567. The van der Waals surface area contributed by atoms with E-state index < -0.39 is 15.7 Å². The van der Waals surface area contributed by atoms with Crippen LogP contribution in [-0.2, 0) is 9.84 Å². The molecule has 0 saturated carbocycles. The molecule has 0 unspecified atom stereocenters. The van der Waals surface area contributed by atoms with Crippen LogP contribution < -0.4 is 0 Å². The maximum atomic E-state index is 13.5. The van der Waals surface area contributed by atoms with Gasteiger partial charge in [-0.3, -0.25) is 0 Å². The van der Waals surface area contributed by atoms with E-state index in [1.807, 2.05) is 6.07 Å². The highest BCUT2D eigenvalue weighted by atomic mass is 32.2. The van der Waals surface area contributed by atoms with Crippen LogP contribution in [0, 0.1) is 17.1 Å². The number of nitrogens with zero attached hydrogens (tertiary/aromatic N) is 1. The molecule has 2 aromatic rings. The van der Waals surface area contributed by atoms with Gasteiger partial charge in [-0.05, 0) is 36.4 Å². The minimum absolute atomic E-state index is 0.0356. The van der Waals surface area contributed by atoms with E-state index in [2.05, 4.69) is 0 Å². The standard InChI is InChI=1S/C13H8FNO2S/c14-12-3-1-2-4-13(12)18(16,17)11-7-5-10(9-15)6-8-11/h1-8H. The van der Waals surface area contributed by atoms with Crippen LogP contribution in [0.2, 0.25) is 0 Å². The van der Waals surface area contributed by atoms with Crippen LogP contribution in [0.3, 0.4) is 0 Å². The van der Waals surface area contributed by atoms with Gasteiger partial charge in [0.2, 0.25) is 9.84 Å². The molecule has 0 aromatic heterocycles. The molecule has 2 aromatic carbocycles. The predicted octanol–water partition coefficient (Wildman–Crippen LogP) is 2.53. The van der Waals surface area contributed by atoms with Crippen LogP contribution in [0.25, 0.3) is 0 Å². The second kappa shape index (κ2) is 4.59. The second-order valence-corrected chi connectivity index (χ2v) is 5.49. The molecule has 3 nitrogen and oxygen atoms in total. The lowest BCUT2D eigenvalue weighted by atomic mass is 10.2. The molecule has 0 spiro atoms. The molecule has 0 aliphatic rings. The minimum atomic E-state index is -3.88. The predicted molar refractivity (Wildman–Crippen MR) is 63.0 cm³/mol. The van der Waals surface area contributed by atoms with Crippen molar-refractivity contribution in [2.24, 2.45) is 0 Å². The summed E-state index contributed by atoms with van der Waals surface area (Å²) in [6.07, 6.45) is 0. The van der Waals surface area contributed by atoms with Crippen molar-refractivity contribution in [1.82, 2.24) is 0 Å². The zero-order valence-electron chi connectivity index (χ0n) is 9.17. The van der Waals surface area contributed by atoms with Crippen molar-refractivity contribution in [3.63, 3.8) is 0 Å². The van der Waals surface area contributed by atoms with Crippen molar-refractivity contribution in [1.29, 1.82) is 5.26 Å². The third-order valence-corrected chi connectivity index (χ3v) is 4.22. The van der Waals surface area contributed by atoms with Crippen LogP contribution in [0.1, 0.15) is 5.56 Å². The zero-order chi connectivity index (χ0) is 13.2. The normalized spacial score (nSPS) is 10.9. The molecule has 0 amide bonds. The highest BCUT2D eigenvalue weighted by Crippen LogP contribution is 2.23. The lowest BCUT2D eigenvalue weighted by Crippen LogP contribution is -2.04. The van der Waals surface area contributed by atoms with Crippen molar-refractivity contribution >= 4 is 9.84 Å². The third kappa shape index (κ3) is 2.11. The summed E-state index contributed by atoms with van der Waals surface area (Å²) < 4.78 is 37.7. The summed E-state index contributed by atoms with van der Waals surface area (Å²) in [5.74, 6) is -0.790. The first-order chi connectivity index (χ1) is 8.55. The van der Waals surface area contributed by atoms with Gasteiger partial charge in [-0.1, -0.05) is 12.1 Å². The van der Waals surface area contributed by atoms with E-state index in [0.717, 1.165) is 6.07 Å². The van der Waals surface area contributed by atoms with Crippen LogP contribution in [0.15, 0.2) is 58.3 Å². The summed E-state index contributed by atoms with van der Waals surface area (Å²) in [5, 5.41) is 8.63. The fourth-order valence-electron chi connectivity index (χ4n) is 1.50. The molecule has 18 heavy (non-hydrogen) atoms. The fraction of sp³-hybridized carbons (Fsp3) is 0. The molecule has 0 bridgehead atoms. The minimum Gasteiger partial charge on any atom is -0.218 e. The van der Waals surface area contributed by atoms with Crippen molar-refractivity contribution in [2.45, 2.75) is 9.79 Å². The Hall–Kier alpha value is -2.19. The molecule has 5 heteroatoms. The van der Waals surface area contributed by atoms with Gasteiger partial charge in [0.15, 0.2) is 0 Å². The zero-order valence-corrected chi connectivity index (χ0v) is 9.99. The fourth-order valence-corrected chi connectivity index (χ4v) is 2.83. The van der Waals surface area contributed by atoms with E-state index in [0.29, 0.717) is 5.56 Å². The van der Waals surface area contributed by atoms with Gasteiger partial charge in [0.25, 0.3) is 0 Å². The Labute approximate surface area is 104 Å². The van der Waals surface area contributed by atoms with Gasteiger partial charge in [-0.25, -0.2) is 12.8 Å². The molecule has 0 N–H and O–H groups in total. The number of rotatable bonds is 2. The molecule has 0 saturated heterocycles. The number of sulfone groups is 1. The monoisotopic (exact) mass is 261 g/mol. The average molecular weight is 261 g/mol. The van der Waals surface area contributed by atoms with Crippen LogP contribution in [0.4, 0.5) is 4.39 Å². The van der Waals surface area contributed by atoms with Crippen LogP contribution in [0.5, 0.6) is 0 Å². The maximum Gasteiger partial charge on any atom is 0.209 e. The van der Waals surface area contributed by atoms with E-state index in [-0.39, 0.29) is 9.79 Å². The Morgan fingerprint density at radius 1 is 1.00 bits per heavy atom. The largest absolute Gasteiger partial charge is 0.218 e. The van der Waals surface area contributed by atoms with E-state index >= 15 is 0 Å². The van der Waals surface area contributed by atoms with Crippen molar-refractivity contribution in [2.75, 3.05) is 0 Å². The maximum absolute atomic E-state index is 13.5. The number of benzene rings is 2. The van der Waals surface area contributed by atoms with Gasteiger partial charge in [-0.15, -0.1) is 0 Å². The smallest absolute Gasteiger partial charge is 0.209 e. The molecule has 2 rings (SSSR count). The van der Waals surface area contributed by atoms with Crippen molar-refractivity contribution in [3.8, 4) is 6.07 Å². The first kappa shape index (κ1) is 12.3. The summed E-state index contributed by atoms with van der Waals surface area (Å²) in [4.78, 5) is -0.402. The van der Waals surface area contributed by atoms with E-state index in [1.165, 1.54) is 42.5 Å². The Morgan fingerprint density at radius 3 is 2.17 bits per heavy atom. The molecular weight excluding hydrogens is 253 g/mol. The van der Waals surface area contributed by atoms with Gasteiger partial charge < -0.3 is 0 Å². The number of halogens is 1. The topological polar surface area (TPSA) is 57.9 Å². The first-order valence-corrected chi connectivity index (χ1v) is 6.54. The molecule has 0 heterocycles. The average Bonchev–Trinajstić information content (AvgIpc) is 2.39. The lowest BCUT2D eigenvalue weighted by Gasteiger charge is -2.05. The van der Waals surface area contributed by atoms with Gasteiger partial charge in [0.05, 0.1) is 16.5 Å². The first-order valence-electron chi connectivity index (χ1n) is 5.05. The summed E-state index contributed by atoms with van der Waals surface area (Å²) in [7, 11) is -3.88. The Bertz CT molecular complexity index is 715. The van der Waals surface area contributed by atoms with Gasteiger partial charge >= 0.3 is 0 Å². The van der Waals surface area contributed by atoms with Gasteiger partial charge in [0.1, 0.15) is 10.7 Å². The summed E-state index contributed by atoms with van der Waals surface area (Å²) in [6, 6.07) is 12.4. The summed E-state index contributed by atoms with van der Waals surface area (Å²) in [6.45, 7) is 0. The highest BCUT2D eigenvalue weighted by molar-refractivity contribution is 7.91. The number of hydrogen-bond donors (Lipinski definition) is 0. The molecule has 0 fully saturated rings. The van der Waals surface area contributed by atoms with Crippen molar-refractivity contribution < 1.29 is 12.8 Å². The van der Waals surface area contributed by atoms with Crippen molar-refractivity contribution in [3.05, 3.63) is 59.9 Å². The molecule has 90 valence electrons. The summed E-state index contributed by atoms with van der Waals surface area (Å²) >= 11 is 0. The molecule has 0 radical (unpaired) electrons. The second-order valence-electron chi connectivity index (χ2n) is 3.57. The molecule has 0 aliphatic heterocycles. The molecule has 0 aliphatic carbocycles. The number of hydrogen-bond acceptors (Lipinski definition) is 3. The van der Waals surface area contributed by atoms with Crippen LogP contribution >= 0.6 is 0 Å². The quantitative estimate of drug-likeness (QED) is 0.834. The van der Waals surface area contributed by atoms with E-state index in [1.54, 1.807) is 0 Å².